The van der Waals surface area contributed by atoms with Gasteiger partial charge in [0.25, 0.3) is 5.91 Å². The number of aromatic nitrogens is 1. The minimum atomic E-state index is -0.111. The average molecular weight is 469 g/mol. The molecule has 3 aromatic carbocycles. The summed E-state index contributed by atoms with van der Waals surface area (Å²) < 4.78 is 5.98. The second-order valence-electron chi connectivity index (χ2n) is 8.80. The smallest absolute Gasteiger partial charge is 0.270 e. The fourth-order valence-corrected chi connectivity index (χ4v) is 4.25. The van der Waals surface area contributed by atoms with Gasteiger partial charge < -0.3 is 19.9 Å². The molecule has 0 aliphatic carbocycles. The maximum absolute atomic E-state index is 12.9. The van der Waals surface area contributed by atoms with Gasteiger partial charge in [-0.15, -0.1) is 0 Å². The monoisotopic (exact) mass is 468 g/mol. The number of carbonyl (C=O) groups is 2. The molecule has 1 saturated heterocycles. The lowest BCUT2D eigenvalue weighted by Gasteiger charge is -2.34. The van der Waals surface area contributed by atoms with Gasteiger partial charge in [0.05, 0.1) is 12.2 Å². The summed E-state index contributed by atoms with van der Waals surface area (Å²) in [5.74, 6) is 1.19. The number of fused-ring (bicyclic) bond motifs is 1. The number of piperazine rings is 1. The normalized spacial score (nSPS) is 14.1. The van der Waals surface area contributed by atoms with Crippen LogP contribution >= 0.6 is 0 Å². The predicted octanol–water partition coefficient (Wildman–Crippen LogP) is 4.67. The first-order chi connectivity index (χ1) is 17.0. The third kappa shape index (κ3) is 5.36. The maximum atomic E-state index is 12.9. The molecule has 2 N–H and O–H groups in total. The van der Waals surface area contributed by atoms with E-state index in [9.17, 15) is 9.59 Å². The zero-order chi connectivity index (χ0) is 24.2. The van der Waals surface area contributed by atoms with Crippen molar-refractivity contribution in [1.29, 1.82) is 0 Å². The largest absolute Gasteiger partial charge is 0.455 e. The van der Waals surface area contributed by atoms with E-state index in [0.717, 1.165) is 16.5 Å². The summed E-state index contributed by atoms with van der Waals surface area (Å²) in [6.45, 7) is 4.72. The van der Waals surface area contributed by atoms with Crippen molar-refractivity contribution in [3.8, 4) is 11.5 Å². The van der Waals surface area contributed by atoms with Crippen LogP contribution in [-0.2, 0) is 4.79 Å². The minimum absolute atomic E-state index is 0.00696. The van der Waals surface area contributed by atoms with Crippen LogP contribution < -0.4 is 10.1 Å². The van der Waals surface area contributed by atoms with Crippen LogP contribution in [0.2, 0.25) is 0 Å². The molecule has 0 bridgehead atoms. The molecule has 0 atom stereocenters. The Morgan fingerprint density at radius 1 is 0.914 bits per heavy atom. The van der Waals surface area contributed by atoms with Crippen molar-refractivity contribution in [2.75, 3.05) is 38.0 Å². The van der Waals surface area contributed by atoms with Gasteiger partial charge in [-0.1, -0.05) is 48.0 Å². The van der Waals surface area contributed by atoms with Gasteiger partial charge in [-0.05, 0) is 43.3 Å². The molecule has 2 heterocycles. The average Bonchev–Trinajstić information content (AvgIpc) is 3.31. The van der Waals surface area contributed by atoms with Gasteiger partial charge >= 0.3 is 0 Å². The summed E-state index contributed by atoms with van der Waals surface area (Å²) in [4.78, 5) is 32.8. The quantitative estimate of drug-likeness (QED) is 0.431. The molecule has 7 heteroatoms. The molecular weight excluding hydrogens is 440 g/mol. The first-order valence-electron chi connectivity index (χ1n) is 11.8. The van der Waals surface area contributed by atoms with Crippen LogP contribution in [0.1, 0.15) is 16.1 Å². The van der Waals surface area contributed by atoms with Gasteiger partial charge in [0, 0.05) is 37.1 Å². The summed E-state index contributed by atoms with van der Waals surface area (Å²) in [5.41, 5.74) is 3.34. The number of para-hydroxylation sites is 3. The topological polar surface area (TPSA) is 77.7 Å². The van der Waals surface area contributed by atoms with E-state index in [1.54, 1.807) is 0 Å². The Kier molecular flexibility index (Phi) is 6.50. The van der Waals surface area contributed by atoms with Gasteiger partial charge in [-0.3, -0.25) is 14.5 Å². The Morgan fingerprint density at radius 2 is 1.63 bits per heavy atom. The van der Waals surface area contributed by atoms with Crippen LogP contribution in [-0.4, -0.2) is 59.3 Å². The van der Waals surface area contributed by atoms with Crippen molar-refractivity contribution < 1.29 is 14.3 Å². The number of anilines is 1. The number of amides is 2. The summed E-state index contributed by atoms with van der Waals surface area (Å²) in [5, 5.41) is 4.00. The molecule has 0 radical (unpaired) electrons. The molecule has 4 aromatic rings. The SMILES string of the molecule is Cc1ccc(Oc2ccccc2NC(=O)CN2CCN(C(=O)c3cc4ccccc4[nH]3)CC2)cc1. The lowest BCUT2D eigenvalue weighted by molar-refractivity contribution is -0.117. The summed E-state index contributed by atoms with van der Waals surface area (Å²) in [6.07, 6.45) is 0. The summed E-state index contributed by atoms with van der Waals surface area (Å²) in [7, 11) is 0. The van der Waals surface area contributed by atoms with Crippen molar-refractivity contribution in [3.63, 3.8) is 0 Å². The number of aromatic amines is 1. The molecule has 2 amide bonds. The number of ether oxygens (including phenoxy) is 1. The lowest BCUT2D eigenvalue weighted by Crippen LogP contribution is -2.50. The van der Waals surface area contributed by atoms with Crippen molar-refractivity contribution in [2.45, 2.75) is 6.92 Å². The number of nitrogens with zero attached hydrogens (tertiary/aromatic N) is 2. The standard InChI is InChI=1S/C28H28N4O3/c1-20-10-12-22(13-11-20)35-26-9-5-4-8-24(26)30-27(33)19-31-14-16-32(17-15-31)28(34)25-18-21-6-2-3-7-23(21)29-25/h2-13,18,29H,14-17,19H2,1H3,(H,30,33). The second-order valence-corrected chi connectivity index (χ2v) is 8.80. The van der Waals surface area contributed by atoms with Crippen molar-refractivity contribution in [3.05, 3.63) is 90.1 Å². The molecular formula is C28H28N4O3. The van der Waals surface area contributed by atoms with Crippen molar-refractivity contribution in [2.24, 2.45) is 0 Å². The number of nitrogens with one attached hydrogen (secondary N) is 2. The molecule has 1 aliphatic heterocycles. The van der Waals surface area contributed by atoms with Crippen LogP contribution in [0.15, 0.2) is 78.9 Å². The fourth-order valence-electron chi connectivity index (χ4n) is 4.25. The number of aryl methyl sites for hydroxylation is 1. The molecule has 0 spiro atoms. The number of rotatable bonds is 6. The molecule has 1 fully saturated rings. The van der Waals surface area contributed by atoms with Crippen molar-refractivity contribution in [1.82, 2.24) is 14.8 Å². The number of hydrogen-bond donors (Lipinski definition) is 2. The number of carbonyl (C=O) groups excluding carboxylic acids is 2. The maximum Gasteiger partial charge on any atom is 0.270 e. The van der Waals surface area contributed by atoms with E-state index >= 15 is 0 Å². The number of hydrogen-bond acceptors (Lipinski definition) is 4. The second kappa shape index (κ2) is 10.0. The zero-order valence-electron chi connectivity index (χ0n) is 19.7. The van der Waals surface area contributed by atoms with Gasteiger partial charge in [-0.2, -0.15) is 0 Å². The van der Waals surface area contributed by atoms with E-state index < -0.39 is 0 Å². The Hall–Kier alpha value is -4.10. The first kappa shape index (κ1) is 22.7. The molecule has 0 unspecified atom stereocenters. The molecule has 0 saturated carbocycles. The summed E-state index contributed by atoms with van der Waals surface area (Å²) >= 11 is 0. The predicted molar refractivity (Wildman–Crippen MR) is 137 cm³/mol. The number of H-pyrrole nitrogens is 1. The fraction of sp³-hybridized carbons (Fsp3) is 0.214. The van der Waals surface area contributed by atoms with E-state index in [-0.39, 0.29) is 18.4 Å². The van der Waals surface area contributed by atoms with E-state index in [2.05, 4.69) is 15.2 Å². The highest BCUT2D eigenvalue weighted by Crippen LogP contribution is 2.29. The highest BCUT2D eigenvalue weighted by atomic mass is 16.5. The highest BCUT2D eigenvalue weighted by molar-refractivity contribution is 5.98. The van der Waals surface area contributed by atoms with E-state index in [1.165, 1.54) is 0 Å². The molecule has 1 aliphatic rings. The Bertz CT molecular complexity index is 1300. The first-order valence-corrected chi connectivity index (χ1v) is 11.8. The van der Waals surface area contributed by atoms with Crippen LogP contribution in [0.3, 0.4) is 0 Å². The molecule has 35 heavy (non-hydrogen) atoms. The van der Waals surface area contributed by atoms with E-state index in [4.69, 9.17) is 4.74 Å². The van der Waals surface area contributed by atoms with E-state index in [0.29, 0.717) is 49.1 Å². The third-order valence-electron chi connectivity index (χ3n) is 6.20. The van der Waals surface area contributed by atoms with Crippen molar-refractivity contribution >= 4 is 28.4 Å². The summed E-state index contributed by atoms with van der Waals surface area (Å²) in [6, 6.07) is 25.0. The highest BCUT2D eigenvalue weighted by Gasteiger charge is 2.24. The van der Waals surface area contributed by atoms with Crippen LogP contribution in [0.4, 0.5) is 5.69 Å². The molecule has 178 valence electrons. The lowest BCUT2D eigenvalue weighted by atomic mass is 10.2. The minimum Gasteiger partial charge on any atom is -0.455 e. The zero-order valence-corrected chi connectivity index (χ0v) is 19.7. The molecule has 1 aromatic heterocycles. The molecule has 5 rings (SSSR count). The van der Waals surface area contributed by atoms with Crippen LogP contribution in [0, 0.1) is 6.92 Å². The van der Waals surface area contributed by atoms with Crippen LogP contribution in [0.5, 0.6) is 11.5 Å². The van der Waals surface area contributed by atoms with Gasteiger partial charge in [0.2, 0.25) is 5.91 Å². The molecule has 7 nitrogen and oxygen atoms in total. The Morgan fingerprint density at radius 3 is 2.40 bits per heavy atom. The van der Waals surface area contributed by atoms with Gasteiger partial charge in [0.1, 0.15) is 11.4 Å². The number of benzene rings is 3. The van der Waals surface area contributed by atoms with E-state index in [1.807, 2.05) is 90.7 Å². The Labute approximate surface area is 204 Å². The Balaban J connectivity index is 1.15. The third-order valence-corrected chi connectivity index (χ3v) is 6.20. The van der Waals surface area contributed by atoms with Gasteiger partial charge in [-0.25, -0.2) is 0 Å². The van der Waals surface area contributed by atoms with Crippen LogP contribution in [0.25, 0.3) is 10.9 Å². The van der Waals surface area contributed by atoms with Gasteiger partial charge in [0.15, 0.2) is 5.75 Å².